The number of hydrogen-bond acceptors (Lipinski definition) is 4. The Bertz CT molecular complexity index is 725. The summed E-state index contributed by atoms with van der Waals surface area (Å²) >= 11 is 6.86. The van der Waals surface area contributed by atoms with Crippen molar-refractivity contribution >= 4 is 44.0 Å². The van der Waals surface area contributed by atoms with Gasteiger partial charge in [0.05, 0.1) is 27.3 Å². The number of benzene rings is 2. The summed E-state index contributed by atoms with van der Waals surface area (Å²) in [5.41, 5.74) is 3.31. The van der Waals surface area contributed by atoms with Gasteiger partial charge in [0, 0.05) is 0 Å². The van der Waals surface area contributed by atoms with E-state index in [9.17, 15) is 9.90 Å². The van der Waals surface area contributed by atoms with E-state index in [1.54, 1.807) is 12.1 Å². The van der Waals surface area contributed by atoms with Crippen molar-refractivity contribution in [3.05, 3.63) is 56.5 Å². The van der Waals surface area contributed by atoms with Crippen LogP contribution in [-0.4, -0.2) is 23.8 Å². The first-order valence-electron chi connectivity index (χ1n) is 6.76. The summed E-state index contributed by atoms with van der Waals surface area (Å²) in [7, 11) is 0. The zero-order valence-corrected chi connectivity index (χ0v) is 15.4. The highest BCUT2D eigenvalue weighted by Crippen LogP contribution is 2.34. The topological polar surface area (TPSA) is 70.9 Å². The summed E-state index contributed by atoms with van der Waals surface area (Å²) in [6, 6.07) is 9.92. The molecule has 120 valence electrons. The maximum atomic E-state index is 11.9. The van der Waals surface area contributed by atoms with Gasteiger partial charge in [0.15, 0.2) is 0 Å². The van der Waals surface area contributed by atoms with Crippen molar-refractivity contribution in [3.8, 4) is 11.5 Å². The number of aromatic hydroxyl groups is 1. The molecule has 0 spiro atoms. The Hall–Kier alpha value is -1.86. The van der Waals surface area contributed by atoms with Crippen molar-refractivity contribution < 1.29 is 14.6 Å². The molecule has 5 nitrogen and oxygen atoms in total. The van der Waals surface area contributed by atoms with Crippen LogP contribution in [0.1, 0.15) is 22.8 Å². The summed E-state index contributed by atoms with van der Waals surface area (Å²) in [6.07, 6.45) is 1.50. The van der Waals surface area contributed by atoms with Crippen LogP contribution in [-0.2, 0) is 0 Å². The van der Waals surface area contributed by atoms with Gasteiger partial charge in [0.1, 0.15) is 11.5 Å². The van der Waals surface area contributed by atoms with E-state index in [4.69, 9.17) is 4.74 Å². The minimum absolute atomic E-state index is 0.0910. The number of carbonyl (C=O) groups excluding carboxylic acids is 1. The summed E-state index contributed by atoms with van der Waals surface area (Å²) in [6.45, 7) is 2.46. The van der Waals surface area contributed by atoms with Crippen LogP contribution in [0.5, 0.6) is 11.5 Å². The van der Waals surface area contributed by atoms with Crippen molar-refractivity contribution in [3.63, 3.8) is 0 Å². The molecule has 2 aromatic rings. The van der Waals surface area contributed by atoms with Gasteiger partial charge in [-0.15, -0.1) is 0 Å². The zero-order valence-electron chi connectivity index (χ0n) is 12.2. The third kappa shape index (κ3) is 4.56. The third-order valence-electron chi connectivity index (χ3n) is 2.84. The molecular weight excluding hydrogens is 428 g/mol. The van der Waals surface area contributed by atoms with E-state index in [1.807, 2.05) is 19.1 Å². The predicted molar refractivity (Wildman–Crippen MR) is 96.2 cm³/mol. The highest BCUT2D eigenvalue weighted by Gasteiger charge is 2.09. The van der Waals surface area contributed by atoms with E-state index >= 15 is 0 Å². The molecule has 2 N–H and O–H groups in total. The maximum absolute atomic E-state index is 11.9. The van der Waals surface area contributed by atoms with Gasteiger partial charge in [-0.25, -0.2) is 5.43 Å². The van der Waals surface area contributed by atoms with E-state index in [1.165, 1.54) is 18.3 Å². The van der Waals surface area contributed by atoms with Crippen LogP contribution < -0.4 is 10.2 Å². The molecule has 0 heterocycles. The first-order valence-corrected chi connectivity index (χ1v) is 8.34. The number of carbonyl (C=O) groups is 1. The number of amides is 1. The Morgan fingerprint density at radius 2 is 1.96 bits per heavy atom. The molecule has 0 aliphatic carbocycles. The third-order valence-corrected chi connectivity index (χ3v) is 4.02. The fourth-order valence-electron chi connectivity index (χ4n) is 1.83. The zero-order chi connectivity index (χ0) is 16.8. The average molecular weight is 442 g/mol. The lowest BCUT2D eigenvalue weighted by atomic mass is 10.2. The summed E-state index contributed by atoms with van der Waals surface area (Å²) in [5.74, 6) is 0.137. The smallest absolute Gasteiger partial charge is 0.275 e. The second kappa shape index (κ2) is 8.12. The van der Waals surface area contributed by atoms with Crippen LogP contribution in [0.25, 0.3) is 0 Å². The second-order valence-corrected chi connectivity index (χ2v) is 6.17. The van der Waals surface area contributed by atoms with E-state index in [-0.39, 0.29) is 11.3 Å². The van der Waals surface area contributed by atoms with Crippen molar-refractivity contribution in [2.75, 3.05) is 6.61 Å². The van der Waals surface area contributed by atoms with E-state index in [0.29, 0.717) is 12.4 Å². The predicted octanol–water partition coefficient (Wildman–Crippen LogP) is 4.08. The summed E-state index contributed by atoms with van der Waals surface area (Å²) in [4.78, 5) is 11.9. The number of rotatable bonds is 5. The number of halogens is 2. The van der Waals surface area contributed by atoms with Crippen molar-refractivity contribution in [2.45, 2.75) is 6.92 Å². The van der Waals surface area contributed by atoms with Gasteiger partial charge in [-0.3, -0.25) is 4.79 Å². The van der Waals surface area contributed by atoms with Gasteiger partial charge in [0.2, 0.25) is 0 Å². The molecule has 2 aromatic carbocycles. The number of para-hydroxylation sites is 1. The molecule has 0 bridgehead atoms. The molecule has 1 amide bonds. The number of nitrogens with one attached hydrogen (secondary N) is 1. The maximum Gasteiger partial charge on any atom is 0.275 e. The van der Waals surface area contributed by atoms with Crippen molar-refractivity contribution in [2.24, 2.45) is 5.10 Å². The lowest BCUT2D eigenvalue weighted by molar-refractivity contribution is 0.0952. The molecule has 23 heavy (non-hydrogen) atoms. The standard InChI is InChI=1S/C16H14Br2N2O3/c1-2-23-15-12(17)7-10(8-13(15)18)9-19-20-16(22)11-5-3-4-6-14(11)21/h3-9,21H,2H2,1H3,(H,20,22)/b19-9-. The number of phenols is 1. The number of nitrogens with zero attached hydrogens (tertiary/aromatic N) is 1. The fourth-order valence-corrected chi connectivity index (χ4v) is 3.28. The molecule has 0 aliphatic heterocycles. The monoisotopic (exact) mass is 440 g/mol. The SMILES string of the molecule is CCOc1c(Br)cc(/C=N\NC(=O)c2ccccc2O)cc1Br. The number of hydrazone groups is 1. The van der Waals surface area contributed by atoms with E-state index in [0.717, 1.165) is 14.5 Å². The van der Waals surface area contributed by atoms with Gasteiger partial charge >= 0.3 is 0 Å². The quantitative estimate of drug-likeness (QED) is 0.542. The Balaban J connectivity index is 2.09. The Labute approximate surface area is 150 Å². The molecule has 0 aliphatic rings. The lowest BCUT2D eigenvalue weighted by Crippen LogP contribution is -2.17. The molecule has 0 atom stereocenters. The van der Waals surface area contributed by atoms with Crippen LogP contribution in [0.15, 0.2) is 50.4 Å². The molecule has 0 radical (unpaired) electrons. The highest BCUT2D eigenvalue weighted by molar-refractivity contribution is 9.11. The van der Waals surface area contributed by atoms with Crippen LogP contribution in [0.3, 0.4) is 0 Å². The van der Waals surface area contributed by atoms with Crippen LogP contribution >= 0.6 is 31.9 Å². The minimum atomic E-state index is -0.483. The first kappa shape index (κ1) is 17.5. The normalized spacial score (nSPS) is 10.7. The van der Waals surface area contributed by atoms with Gasteiger partial charge in [0.25, 0.3) is 5.91 Å². The average Bonchev–Trinajstić information content (AvgIpc) is 2.51. The molecule has 7 heteroatoms. The molecule has 0 saturated carbocycles. The van der Waals surface area contributed by atoms with Crippen LogP contribution in [0.2, 0.25) is 0 Å². The molecule has 0 aromatic heterocycles. The molecule has 0 saturated heterocycles. The van der Waals surface area contributed by atoms with Crippen molar-refractivity contribution in [1.29, 1.82) is 0 Å². The molecular formula is C16H14Br2N2O3. The Morgan fingerprint density at radius 1 is 1.30 bits per heavy atom. The van der Waals surface area contributed by atoms with E-state index in [2.05, 4.69) is 42.4 Å². The number of ether oxygens (including phenoxy) is 1. The second-order valence-electron chi connectivity index (χ2n) is 4.46. The van der Waals surface area contributed by atoms with E-state index < -0.39 is 5.91 Å². The van der Waals surface area contributed by atoms with Gasteiger partial charge in [-0.2, -0.15) is 5.10 Å². The van der Waals surface area contributed by atoms with Crippen LogP contribution in [0.4, 0.5) is 0 Å². The fraction of sp³-hybridized carbons (Fsp3) is 0.125. The summed E-state index contributed by atoms with van der Waals surface area (Å²) in [5, 5.41) is 13.5. The number of hydrogen-bond donors (Lipinski definition) is 2. The molecule has 0 fully saturated rings. The van der Waals surface area contributed by atoms with Gasteiger partial charge < -0.3 is 9.84 Å². The Morgan fingerprint density at radius 3 is 2.57 bits per heavy atom. The number of phenolic OH excluding ortho intramolecular Hbond substituents is 1. The molecule has 0 unspecified atom stereocenters. The van der Waals surface area contributed by atoms with Crippen molar-refractivity contribution in [1.82, 2.24) is 5.43 Å². The Kier molecular flexibility index (Phi) is 6.18. The van der Waals surface area contributed by atoms with Gasteiger partial charge in [-0.1, -0.05) is 12.1 Å². The first-order chi connectivity index (χ1) is 11.0. The van der Waals surface area contributed by atoms with Gasteiger partial charge in [-0.05, 0) is 68.6 Å². The van der Waals surface area contributed by atoms with Crippen LogP contribution in [0, 0.1) is 0 Å². The largest absolute Gasteiger partial charge is 0.507 e. The lowest BCUT2D eigenvalue weighted by Gasteiger charge is -2.09. The molecule has 2 rings (SSSR count). The minimum Gasteiger partial charge on any atom is -0.507 e. The summed E-state index contributed by atoms with van der Waals surface area (Å²) < 4.78 is 7.06. The highest BCUT2D eigenvalue weighted by atomic mass is 79.9.